The number of hydrogen-bond acceptors (Lipinski definition) is 4. The van der Waals surface area contributed by atoms with Gasteiger partial charge in [0.15, 0.2) is 11.9 Å². The molecule has 0 spiro atoms. The fourth-order valence-electron chi connectivity index (χ4n) is 1.43. The van der Waals surface area contributed by atoms with Crippen LogP contribution in [-0.4, -0.2) is 29.1 Å². The molecule has 0 aromatic heterocycles. The quantitative estimate of drug-likeness (QED) is 0.663. The van der Waals surface area contributed by atoms with E-state index in [-0.39, 0.29) is 5.78 Å². The van der Waals surface area contributed by atoms with Gasteiger partial charge in [-0.2, -0.15) is 0 Å². The molecule has 0 aliphatic heterocycles. The van der Waals surface area contributed by atoms with Gasteiger partial charge in [0.2, 0.25) is 0 Å². The van der Waals surface area contributed by atoms with Crippen molar-refractivity contribution in [3.8, 4) is 0 Å². The summed E-state index contributed by atoms with van der Waals surface area (Å²) in [6.07, 6.45) is -0.209. The summed E-state index contributed by atoms with van der Waals surface area (Å²) in [6, 6.07) is 0. The number of ether oxygens (including phenoxy) is 1. The topological polar surface area (TPSA) is 63.6 Å². The summed E-state index contributed by atoms with van der Waals surface area (Å²) in [5.41, 5.74) is -0.641. The Labute approximate surface area is 89.6 Å². The average molecular weight is 214 g/mol. The highest BCUT2D eigenvalue weighted by molar-refractivity contribution is 5.87. The zero-order valence-corrected chi connectivity index (χ0v) is 9.45. The second-order valence-electron chi connectivity index (χ2n) is 5.00. The van der Waals surface area contributed by atoms with Gasteiger partial charge in [0.1, 0.15) is 0 Å². The minimum Gasteiger partial charge on any atom is -0.451 e. The number of esters is 1. The van der Waals surface area contributed by atoms with Crippen LogP contribution in [0, 0.1) is 5.41 Å². The minimum absolute atomic E-state index is 0.175. The van der Waals surface area contributed by atoms with E-state index < -0.39 is 23.6 Å². The zero-order chi connectivity index (χ0) is 11.6. The fraction of sp³-hybridized carbons (Fsp3) is 0.818. The summed E-state index contributed by atoms with van der Waals surface area (Å²) in [5, 5.41) is 9.56. The Kier molecular flexibility index (Phi) is 3.50. The van der Waals surface area contributed by atoms with Crippen LogP contribution in [0.15, 0.2) is 0 Å². The highest BCUT2D eigenvalue weighted by Crippen LogP contribution is 2.22. The van der Waals surface area contributed by atoms with Crippen LogP contribution in [0.3, 0.4) is 0 Å². The molecule has 0 aromatic carbocycles. The standard InChI is InChI=1S/C11H18O4/c1-11(2,3)10(14)15-9-7(12)5-4-6-8(9)13/h7,9,12H,4-6H2,1-3H3. The smallest absolute Gasteiger partial charge is 0.312 e. The molecular weight excluding hydrogens is 196 g/mol. The number of Topliss-reactive ketones (excluding diaryl/α,β-unsaturated/α-hetero) is 1. The number of hydrogen-bond donors (Lipinski definition) is 1. The molecule has 4 heteroatoms. The first-order chi connectivity index (χ1) is 6.82. The molecule has 0 amide bonds. The van der Waals surface area contributed by atoms with Gasteiger partial charge in [-0.3, -0.25) is 9.59 Å². The largest absolute Gasteiger partial charge is 0.451 e. The number of ketones is 1. The first-order valence-corrected chi connectivity index (χ1v) is 5.24. The van der Waals surface area contributed by atoms with Crippen LogP contribution in [0.25, 0.3) is 0 Å². The van der Waals surface area contributed by atoms with Crippen LogP contribution in [-0.2, 0) is 14.3 Å². The van der Waals surface area contributed by atoms with E-state index in [9.17, 15) is 14.7 Å². The van der Waals surface area contributed by atoms with Gasteiger partial charge in [-0.15, -0.1) is 0 Å². The van der Waals surface area contributed by atoms with Crippen molar-refractivity contribution in [1.29, 1.82) is 0 Å². The Bertz CT molecular complexity index is 264. The van der Waals surface area contributed by atoms with Crippen LogP contribution in [0.2, 0.25) is 0 Å². The number of rotatable bonds is 1. The van der Waals surface area contributed by atoms with Gasteiger partial charge in [-0.25, -0.2) is 0 Å². The van der Waals surface area contributed by atoms with Crippen LogP contribution >= 0.6 is 0 Å². The van der Waals surface area contributed by atoms with Gasteiger partial charge >= 0.3 is 5.97 Å². The number of carbonyl (C=O) groups is 2. The Balaban J connectivity index is 2.63. The highest BCUT2D eigenvalue weighted by atomic mass is 16.6. The fourth-order valence-corrected chi connectivity index (χ4v) is 1.43. The van der Waals surface area contributed by atoms with E-state index in [1.165, 1.54) is 0 Å². The number of aliphatic hydroxyl groups excluding tert-OH is 1. The van der Waals surface area contributed by atoms with Crippen molar-refractivity contribution >= 4 is 11.8 Å². The molecule has 86 valence electrons. The molecule has 0 bridgehead atoms. The van der Waals surface area contributed by atoms with Crippen LogP contribution in [0.5, 0.6) is 0 Å². The third kappa shape index (κ3) is 3.02. The van der Waals surface area contributed by atoms with Crippen molar-refractivity contribution in [2.24, 2.45) is 5.41 Å². The first kappa shape index (κ1) is 12.2. The lowest BCUT2D eigenvalue weighted by Gasteiger charge is -2.28. The van der Waals surface area contributed by atoms with Gasteiger partial charge in [0.25, 0.3) is 0 Å². The molecule has 0 aromatic rings. The second kappa shape index (κ2) is 4.31. The zero-order valence-electron chi connectivity index (χ0n) is 9.45. The summed E-state index contributed by atoms with van der Waals surface area (Å²) >= 11 is 0. The molecule has 1 fully saturated rings. The van der Waals surface area contributed by atoms with Crippen molar-refractivity contribution in [3.05, 3.63) is 0 Å². The lowest BCUT2D eigenvalue weighted by atomic mass is 9.92. The third-order valence-corrected chi connectivity index (χ3v) is 2.44. The monoisotopic (exact) mass is 214 g/mol. The summed E-state index contributed by atoms with van der Waals surface area (Å²) in [4.78, 5) is 23.0. The van der Waals surface area contributed by atoms with E-state index in [1.54, 1.807) is 20.8 Å². The second-order valence-corrected chi connectivity index (χ2v) is 5.00. The van der Waals surface area contributed by atoms with E-state index in [0.717, 1.165) is 0 Å². The first-order valence-electron chi connectivity index (χ1n) is 5.24. The number of carbonyl (C=O) groups excluding carboxylic acids is 2. The molecule has 1 aliphatic rings. The summed E-state index contributed by atoms with van der Waals surface area (Å²) in [5.74, 6) is -0.617. The molecule has 0 heterocycles. The van der Waals surface area contributed by atoms with Crippen LogP contribution in [0.1, 0.15) is 40.0 Å². The molecule has 2 atom stereocenters. The molecular formula is C11H18O4. The van der Waals surface area contributed by atoms with Gasteiger partial charge in [-0.1, -0.05) is 0 Å². The molecule has 1 rings (SSSR count). The maximum atomic E-state index is 11.5. The minimum atomic E-state index is -0.953. The van der Waals surface area contributed by atoms with Crippen molar-refractivity contribution in [3.63, 3.8) is 0 Å². The molecule has 4 nitrogen and oxygen atoms in total. The third-order valence-electron chi connectivity index (χ3n) is 2.44. The number of aliphatic hydroxyl groups is 1. The maximum Gasteiger partial charge on any atom is 0.312 e. The lowest BCUT2D eigenvalue weighted by molar-refractivity contribution is -0.171. The van der Waals surface area contributed by atoms with Gasteiger partial charge < -0.3 is 9.84 Å². The summed E-state index contributed by atoms with van der Waals surface area (Å²) in [7, 11) is 0. The Morgan fingerprint density at radius 2 is 2.07 bits per heavy atom. The molecule has 1 saturated carbocycles. The summed E-state index contributed by atoms with van der Waals surface area (Å²) in [6.45, 7) is 5.15. The van der Waals surface area contributed by atoms with Crippen LogP contribution < -0.4 is 0 Å². The van der Waals surface area contributed by atoms with Crippen molar-refractivity contribution < 1.29 is 19.4 Å². The summed E-state index contributed by atoms with van der Waals surface area (Å²) < 4.78 is 5.04. The molecule has 15 heavy (non-hydrogen) atoms. The van der Waals surface area contributed by atoms with Gasteiger partial charge in [-0.05, 0) is 33.6 Å². The van der Waals surface area contributed by atoms with Gasteiger partial charge in [0.05, 0.1) is 11.5 Å². The Morgan fingerprint density at radius 3 is 2.53 bits per heavy atom. The van der Waals surface area contributed by atoms with E-state index in [1.807, 2.05) is 0 Å². The predicted molar refractivity (Wildman–Crippen MR) is 54.2 cm³/mol. The molecule has 1 aliphatic carbocycles. The van der Waals surface area contributed by atoms with E-state index in [4.69, 9.17) is 4.74 Å². The van der Waals surface area contributed by atoms with E-state index >= 15 is 0 Å². The van der Waals surface area contributed by atoms with Crippen molar-refractivity contribution in [1.82, 2.24) is 0 Å². The molecule has 0 saturated heterocycles. The Morgan fingerprint density at radius 1 is 1.47 bits per heavy atom. The lowest BCUT2D eigenvalue weighted by Crippen LogP contribution is -2.43. The normalized spacial score (nSPS) is 27.6. The highest BCUT2D eigenvalue weighted by Gasteiger charge is 2.36. The average Bonchev–Trinajstić information content (AvgIpc) is 2.09. The molecule has 0 radical (unpaired) electrons. The van der Waals surface area contributed by atoms with E-state index in [0.29, 0.717) is 19.3 Å². The van der Waals surface area contributed by atoms with Gasteiger partial charge in [0, 0.05) is 6.42 Å². The Hall–Kier alpha value is -0.900. The molecule has 1 N–H and O–H groups in total. The molecule has 2 unspecified atom stereocenters. The van der Waals surface area contributed by atoms with Crippen LogP contribution in [0.4, 0.5) is 0 Å². The van der Waals surface area contributed by atoms with E-state index in [2.05, 4.69) is 0 Å². The SMILES string of the molecule is CC(C)(C)C(=O)OC1C(=O)CCCC1O. The van der Waals surface area contributed by atoms with Crippen molar-refractivity contribution in [2.45, 2.75) is 52.2 Å². The van der Waals surface area contributed by atoms with Crippen molar-refractivity contribution in [2.75, 3.05) is 0 Å². The maximum absolute atomic E-state index is 11.5. The predicted octanol–water partition coefficient (Wildman–Crippen LogP) is 1.06.